The van der Waals surface area contributed by atoms with Gasteiger partial charge >= 0.3 is 0 Å². The maximum absolute atomic E-state index is 8.58. The third kappa shape index (κ3) is 3.05. The van der Waals surface area contributed by atoms with Crippen molar-refractivity contribution in [2.45, 2.75) is 30.8 Å². The molecule has 0 aliphatic carbocycles. The van der Waals surface area contributed by atoms with E-state index in [9.17, 15) is 0 Å². The highest BCUT2D eigenvalue weighted by atomic mass is 32.2. The SMILES string of the molecule is Cc1nc(Sc2ccc(/C(N)=N/O)nc2)nc(C)c1C. The minimum atomic E-state index is -0.0141. The fraction of sp³-hybridized carbons (Fsp3) is 0.231. The molecule has 0 bridgehead atoms. The monoisotopic (exact) mass is 289 g/mol. The number of amidine groups is 1. The molecule has 0 aliphatic heterocycles. The van der Waals surface area contributed by atoms with E-state index in [1.54, 1.807) is 12.3 Å². The van der Waals surface area contributed by atoms with Gasteiger partial charge in [0.25, 0.3) is 0 Å². The van der Waals surface area contributed by atoms with Crippen LogP contribution >= 0.6 is 11.8 Å². The lowest BCUT2D eigenvalue weighted by Crippen LogP contribution is -2.14. The summed E-state index contributed by atoms with van der Waals surface area (Å²) in [7, 11) is 0. The van der Waals surface area contributed by atoms with E-state index >= 15 is 0 Å². The Balaban J connectivity index is 2.22. The molecular formula is C13H15N5OS. The molecule has 0 spiro atoms. The van der Waals surface area contributed by atoms with Crippen LogP contribution in [-0.4, -0.2) is 26.0 Å². The van der Waals surface area contributed by atoms with Crippen molar-refractivity contribution in [3.8, 4) is 0 Å². The summed E-state index contributed by atoms with van der Waals surface area (Å²) in [4.78, 5) is 13.9. The minimum Gasteiger partial charge on any atom is -0.409 e. The number of rotatable bonds is 3. The number of aromatic nitrogens is 3. The Labute approximate surface area is 121 Å². The van der Waals surface area contributed by atoms with Crippen molar-refractivity contribution in [1.82, 2.24) is 15.0 Å². The van der Waals surface area contributed by atoms with Gasteiger partial charge in [-0.15, -0.1) is 0 Å². The van der Waals surface area contributed by atoms with Crippen molar-refractivity contribution in [3.05, 3.63) is 41.0 Å². The fourth-order valence-electron chi connectivity index (χ4n) is 1.54. The molecule has 20 heavy (non-hydrogen) atoms. The van der Waals surface area contributed by atoms with E-state index in [1.165, 1.54) is 11.8 Å². The maximum atomic E-state index is 8.58. The molecular weight excluding hydrogens is 274 g/mol. The van der Waals surface area contributed by atoms with Crippen LogP contribution in [0.15, 0.2) is 33.5 Å². The number of hydrogen-bond donors (Lipinski definition) is 2. The first-order valence-electron chi connectivity index (χ1n) is 5.95. The second-order valence-electron chi connectivity index (χ2n) is 4.27. The first kappa shape index (κ1) is 14.3. The van der Waals surface area contributed by atoms with Crippen LogP contribution in [0.2, 0.25) is 0 Å². The van der Waals surface area contributed by atoms with Crippen molar-refractivity contribution in [3.63, 3.8) is 0 Å². The molecule has 0 saturated carbocycles. The molecule has 0 unspecified atom stereocenters. The van der Waals surface area contributed by atoms with Gasteiger partial charge in [0.15, 0.2) is 11.0 Å². The van der Waals surface area contributed by atoms with E-state index in [0.717, 1.165) is 21.8 Å². The Hall–Kier alpha value is -2.15. The molecule has 6 nitrogen and oxygen atoms in total. The van der Waals surface area contributed by atoms with Crippen LogP contribution in [0.3, 0.4) is 0 Å². The van der Waals surface area contributed by atoms with Gasteiger partial charge in [-0.25, -0.2) is 9.97 Å². The Morgan fingerprint density at radius 3 is 2.35 bits per heavy atom. The topological polar surface area (TPSA) is 97.3 Å². The van der Waals surface area contributed by atoms with Crippen molar-refractivity contribution < 1.29 is 5.21 Å². The highest BCUT2D eigenvalue weighted by Gasteiger charge is 2.07. The third-order valence-electron chi connectivity index (χ3n) is 2.93. The molecule has 0 saturated heterocycles. The molecule has 2 heterocycles. The molecule has 0 aliphatic rings. The first-order valence-corrected chi connectivity index (χ1v) is 6.76. The molecule has 0 amide bonds. The minimum absolute atomic E-state index is 0.0141. The summed E-state index contributed by atoms with van der Waals surface area (Å²) in [5.74, 6) is -0.0141. The van der Waals surface area contributed by atoms with Crippen LogP contribution in [0.5, 0.6) is 0 Å². The normalized spacial score (nSPS) is 11.7. The van der Waals surface area contributed by atoms with E-state index in [-0.39, 0.29) is 5.84 Å². The van der Waals surface area contributed by atoms with Crippen molar-refractivity contribution in [2.75, 3.05) is 0 Å². The number of nitrogens with two attached hydrogens (primary N) is 1. The van der Waals surface area contributed by atoms with Gasteiger partial charge in [0.2, 0.25) is 0 Å². The highest BCUT2D eigenvalue weighted by Crippen LogP contribution is 2.25. The molecule has 0 aromatic carbocycles. The average molecular weight is 289 g/mol. The number of nitrogens with zero attached hydrogens (tertiary/aromatic N) is 4. The van der Waals surface area contributed by atoms with Crippen LogP contribution in [0.25, 0.3) is 0 Å². The summed E-state index contributed by atoms with van der Waals surface area (Å²) in [6, 6.07) is 3.52. The fourth-order valence-corrected chi connectivity index (χ4v) is 2.35. The summed E-state index contributed by atoms with van der Waals surface area (Å²) < 4.78 is 0. The summed E-state index contributed by atoms with van der Waals surface area (Å²) >= 11 is 1.42. The van der Waals surface area contributed by atoms with Gasteiger partial charge in [-0.2, -0.15) is 0 Å². The van der Waals surface area contributed by atoms with Crippen LogP contribution in [0.1, 0.15) is 22.6 Å². The zero-order valence-corrected chi connectivity index (χ0v) is 12.3. The molecule has 2 aromatic heterocycles. The van der Waals surface area contributed by atoms with Crippen LogP contribution in [0, 0.1) is 20.8 Å². The van der Waals surface area contributed by atoms with Gasteiger partial charge in [-0.1, -0.05) is 5.16 Å². The Morgan fingerprint density at radius 2 is 1.85 bits per heavy atom. The largest absolute Gasteiger partial charge is 0.409 e. The number of pyridine rings is 1. The van der Waals surface area contributed by atoms with Crippen molar-refractivity contribution in [2.24, 2.45) is 10.9 Å². The van der Waals surface area contributed by atoms with Gasteiger partial charge in [0, 0.05) is 22.5 Å². The second-order valence-corrected chi connectivity index (χ2v) is 5.31. The molecule has 7 heteroatoms. The van der Waals surface area contributed by atoms with Crippen molar-refractivity contribution in [1.29, 1.82) is 0 Å². The van der Waals surface area contributed by atoms with Gasteiger partial charge in [0.1, 0.15) is 5.69 Å². The molecule has 0 fully saturated rings. The summed E-state index contributed by atoms with van der Waals surface area (Å²) in [5, 5.41) is 12.2. The summed E-state index contributed by atoms with van der Waals surface area (Å²) in [6.07, 6.45) is 1.64. The highest BCUT2D eigenvalue weighted by molar-refractivity contribution is 7.99. The lowest BCUT2D eigenvalue weighted by atomic mass is 10.2. The number of hydrogen-bond acceptors (Lipinski definition) is 6. The Morgan fingerprint density at radius 1 is 1.20 bits per heavy atom. The summed E-state index contributed by atoms with van der Waals surface area (Å²) in [5.41, 5.74) is 8.94. The smallest absolute Gasteiger partial charge is 0.192 e. The zero-order chi connectivity index (χ0) is 14.7. The van der Waals surface area contributed by atoms with Gasteiger partial charge in [-0.3, -0.25) is 4.98 Å². The first-order chi connectivity index (χ1) is 9.51. The van der Waals surface area contributed by atoms with E-state index in [2.05, 4.69) is 20.1 Å². The lowest BCUT2D eigenvalue weighted by molar-refractivity contribution is 0.318. The number of aryl methyl sites for hydroxylation is 2. The quantitative estimate of drug-likeness (QED) is 0.295. The van der Waals surface area contributed by atoms with Crippen LogP contribution in [-0.2, 0) is 0 Å². The Bertz CT molecular complexity index is 631. The Kier molecular flexibility index (Phi) is 4.19. The lowest BCUT2D eigenvalue weighted by Gasteiger charge is -2.06. The van der Waals surface area contributed by atoms with E-state index in [1.807, 2.05) is 26.8 Å². The number of oxime groups is 1. The third-order valence-corrected chi connectivity index (χ3v) is 3.77. The van der Waals surface area contributed by atoms with Crippen LogP contribution < -0.4 is 5.73 Å². The predicted octanol–water partition coefficient (Wildman–Crippen LogP) is 2.04. The summed E-state index contributed by atoms with van der Waals surface area (Å²) in [6.45, 7) is 5.94. The predicted molar refractivity (Wildman–Crippen MR) is 77.1 cm³/mol. The molecule has 0 radical (unpaired) electrons. The van der Waals surface area contributed by atoms with E-state index in [4.69, 9.17) is 10.9 Å². The standard InChI is InChI=1S/C13H15N5OS/c1-7-8(2)16-13(17-9(7)3)20-10-4-5-11(15-6-10)12(14)18-19/h4-6,19H,1-3H3,(H2,14,18). The molecule has 2 rings (SSSR count). The second kappa shape index (κ2) is 5.87. The van der Waals surface area contributed by atoms with Gasteiger partial charge < -0.3 is 10.9 Å². The molecule has 3 N–H and O–H groups in total. The van der Waals surface area contributed by atoms with Crippen molar-refractivity contribution >= 4 is 17.6 Å². The molecule has 104 valence electrons. The molecule has 2 aromatic rings. The van der Waals surface area contributed by atoms with Crippen LogP contribution in [0.4, 0.5) is 0 Å². The van der Waals surface area contributed by atoms with Gasteiger partial charge in [0.05, 0.1) is 0 Å². The van der Waals surface area contributed by atoms with Gasteiger partial charge in [-0.05, 0) is 50.2 Å². The zero-order valence-electron chi connectivity index (χ0n) is 11.5. The van der Waals surface area contributed by atoms with E-state index < -0.39 is 0 Å². The molecule has 0 atom stereocenters. The van der Waals surface area contributed by atoms with E-state index in [0.29, 0.717) is 10.9 Å². The maximum Gasteiger partial charge on any atom is 0.192 e. The average Bonchev–Trinajstić information content (AvgIpc) is 2.44.